The van der Waals surface area contributed by atoms with Gasteiger partial charge in [-0.3, -0.25) is 0 Å². The van der Waals surface area contributed by atoms with E-state index in [2.05, 4.69) is 183 Å². The quantitative estimate of drug-likeness (QED) is 0.0999. The molecule has 264 valence electrons. The molecule has 2 heterocycles. The summed E-state index contributed by atoms with van der Waals surface area (Å²) in [7, 11) is 0. The first kappa shape index (κ1) is 37.9. The van der Waals surface area contributed by atoms with Crippen LogP contribution in [-0.2, 0) is 12.8 Å². The Bertz CT molecular complexity index is 2370. The zero-order valence-corrected chi connectivity index (χ0v) is 31.4. The molecular weight excluding hydrogens is 641 g/mol. The molecule has 0 bridgehead atoms. The van der Waals surface area contributed by atoms with Gasteiger partial charge < -0.3 is 9.13 Å². The third-order valence-electron chi connectivity index (χ3n) is 9.33. The van der Waals surface area contributed by atoms with Crippen molar-refractivity contribution in [3.05, 3.63) is 229 Å². The summed E-state index contributed by atoms with van der Waals surface area (Å²) in [5, 5.41) is 2.55. The van der Waals surface area contributed by atoms with Gasteiger partial charge in [-0.2, -0.15) is 0 Å². The average Bonchev–Trinajstić information content (AvgIpc) is 3.65. The van der Waals surface area contributed by atoms with Crippen molar-refractivity contribution in [1.29, 1.82) is 0 Å². The molecule has 7 rings (SSSR count). The normalized spacial score (nSPS) is 10.6. The van der Waals surface area contributed by atoms with Crippen molar-refractivity contribution in [1.82, 2.24) is 9.13 Å². The zero-order chi connectivity index (χ0) is 37.7. The summed E-state index contributed by atoms with van der Waals surface area (Å²) in [5.74, 6) is 0. The summed E-state index contributed by atoms with van der Waals surface area (Å²) in [4.78, 5) is 0. The van der Waals surface area contributed by atoms with E-state index in [0.717, 1.165) is 24.2 Å². The molecule has 7 aromatic rings. The Morgan fingerprint density at radius 3 is 1.21 bits per heavy atom. The van der Waals surface area contributed by atoms with Gasteiger partial charge >= 0.3 is 0 Å². The van der Waals surface area contributed by atoms with Crippen LogP contribution in [0.1, 0.15) is 51.7 Å². The fourth-order valence-corrected chi connectivity index (χ4v) is 6.77. The van der Waals surface area contributed by atoms with Gasteiger partial charge in [-0.15, -0.1) is 6.58 Å². The molecule has 0 spiro atoms. The van der Waals surface area contributed by atoms with Crippen LogP contribution in [0.3, 0.4) is 0 Å². The van der Waals surface area contributed by atoms with Crippen molar-refractivity contribution in [2.45, 2.75) is 33.6 Å². The molecule has 0 atom stereocenters. The number of benzene rings is 5. The maximum Gasteiger partial charge on any atom is 0.0537 e. The predicted molar refractivity (Wildman–Crippen MR) is 234 cm³/mol. The molecule has 0 fully saturated rings. The summed E-state index contributed by atoms with van der Waals surface area (Å²) in [6, 6.07) is 44.2. The van der Waals surface area contributed by atoms with Crippen LogP contribution < -0.4 is 0 Å². The van der Waals surface area contributed by atoms with Gasteiger partial charge in [-0.25, -0.2) is 0 Å². The van der Waals surface area contributed by atoms with E-state index in [9.17, 15) is 0 Å². The highest BCUT2D eigenvalue weighted by molar-refractivity contribution is 5.90. The van der Waals surface area contributed by atoms with Gasteiger partial charge in [0.1, 0.15) is 0 Å². The highest BCUT2D eigenvalue weighted by atomic mass is 15.0. The third-order valence-corrected chi connectivity index (χ3v) is 9.33. The summed E-state index contributed by atoms with van der Waals surface area (Å²) in [6.07, 6.45) is 14.8. The number of nitrogens with zero attached hydrogens (tertiary/aromatic N) is 2. The first-order chi connectivity index (χ1) is 25.9. The minimum absolute atomic E-state index is 0.903. The monoisotopic (exact) mass is 690 g/mol. The molecule has 0 unspecified atom stereocenters. The van der Waals surface area contributed by atoms with Crippen molar-refractivity contribution < 1.29 is 0 Å². The first-order valence-corrected chi connectivity index (χ1v) is 18.1. The number of aromatic nitrogens is 2. The van der Waals surface area contributed by atoms with Crippen molar-refractivity contribution in [3.8, 4) is 11.4 Å². The Morgan fingerprint density at radius 2 is 0.830 bits per heavy atom. The van der Waals surface area contributed by atoms with Gasteiger partial charge in [-0.1, -0.05) is 142 Å². The van der Waals surface area contributed by atoms with Crippen LogP contribution in [0.15, 0.2) is 185 Å². The van der Waals surface area contributed by atoms with Crippen LogP contribution >= 0.6 is 0 Å². The van der Waals surface area contributed by atoms with E-state index in [-0.39, 0.29) is 0 Å². The van der Waals surface area contributed by atoms with Crippen LogP contribution in [0.5, 0.6) is 0 Å². The third kappa shape index (κ3) is 8.57. The van der Waals surface area contributed by atoms with E-state index in [0.29, 0.717) is 0 Å². The second kappa shape index (κ2) is 18.2. The number of para-hydroxylation sites is 2. The van der Waals surface area contributed by atoms with E-state index in [1.807, 2.05) is 25.2 Å². The predicted octanol–water partition coefficient (Wildman–Crippen LogP) is 13.8. The lowest BCUT2D eigenvalue weighted by molar-refractivity contribution is 1.08. The fourth-order valence-electron chi connectivity index (χ4n) is 6.77. The first-order valence-electron chi connectivity index (χ1n) is 18.1. The van der Waals surface area contributed by atoms with E-state index in [1.165, 1.54) is 66.6 Å². The SMILES string of the molecule is C=C/C=C\c1c(C)c2ccccc2n1-c1ccc(Cc2ccc(Cc3ccc(-n4c(C=C)c(C)c5ccccc54)cc3)cc2)cc1.C=CC.C=CC=C. The Hall–Kier alpha value is -6.38. The maximum atomic E-state index is 4.09. The molecule has 0 amide bonds. The van der Waals surface area contributed by atoms with E-state index >= 15 is 0 Å². The summed E-state index contributed by atoms with van der Waals surface area (Å²) in [6.45, 7) is 24.3. The Balaban J connectivity index is 0.000000715. The van der Waals surface area contributed by atoms with Gasteiger partial charge in [0, 0.05) is 33.5 Å². The standard InChI is InChI=1S/C44H38N2.C4H6.C3H6/c1-5-7-14-42-32(4)40-13-9-11-16-44(40)46(42)38-27-23-36(24-28-38)30-34-19-17-33(18-20-34)29-35-21-25-37(26-22-35)45-41(6-2)31(3)39-12-8-10-15-43(39)45;1-3-4-2;1-3-2/h5-28H,1-2,29-30H2,3-4H3;3-4H,1-2H2;3H,1H2,2H3/b14-7-;;. The number of hydrogen-bond donors (Lipinski definition) is 0. The molecular formula is C51H50N2. The molecule has 2 aromatic heterocycles. The number of aryl methyl sites for hydroxylation is 2. The molecule has 0 aliphatic rings. The molecule has 0 radical (unpaired) electrons. The van der Waals surface area contributed by atoms with Crippen molar-refractivity contribution in [2.24, 2.45) is 0 Å². The van der Waals surface area contributed by atoms with Crippen LogP contribution in [-0.4, -0.2) is 9.13 Å². The fraction of sp³-hybridized carbons (Fsp3) is 0.0980. The molecule has 0 saturated heterocycles. The lowest BCUT2D eigenvalue weighted by Crippen LogP contribution is -1.98. The molecule has 0 aliphatic carbocycles. The lowest BCUT2D eigenvalue weighted by Gasteiger charge is -2.11. The molecule has 53 heavy (non-hydrogen) atoms. The second-order valence-electron chi connectivity index (χ2n) is 12.9. The summed E-state index contributed by atoms with van der Waals surface area (Å²) >= 11 is 0. The van der Waals surface area contributed by atoms with E-state index < -0.39 is 0 Å². The van der Waals surface area contributed by atoms with Crippen LogP contribution in [0, 0.1) is 13.8 Å². The Labute approximate surface area is 316 Å². The number of hydrogen-bond acceptors (Lipinski definition) is 0. The maximum absolute atomic E-state index is 4.09. The van der Waals surface area contributed by atoms with Crippen LogP contribution in [0.4, 0.5) is 0 Å². The molecule has 2 nitrogen and oxygen atoms in total. The number of fused-ring (bicyclic) bond motifs is 2. The van der Waals surface area contributed by atoms with E-state index in [1.54, 1.807) is 18.2 Å². The van der Waals surface area contributed by atoms with Gasteiger partial charge in [0.05, 0.1) is 11.0 Å². The minimum Gasteiger partial charge on any atom is -0.310 e. The Morgan fingerprint density at radius 1 is 0.472 bits per heavy atom. The molecule has 0 N–H and O–H groups in total. The van der Waals surface area contributed by atoms with Gasteiger partial charge in [0.2, 0.25) is 0 Å². The van der Waals surface area contributed by atoms with Crippen LogP contribution in [0.25, 0.3) is 45.3 Å². The van der Waals surface area contributed by atoms with E-state index in [4.69, 9.17) is 0 Å². The highest BCUT2D eigenvalue weighted by Crippen LogP contribution is 2.32. The van der Waals surface area contributed by atoms with Gasteiger partial charge in [0.15, 0.2) is 0 Å². The highest BCUT2D eigenvalue weighted by Gasteiger charge is 2.14. The van der Waals surface area contributed by atoms with Gasteiger partial charge in [-0.05, 0) is 116 Å². The lowest BCUT2D eigenvalue weighted by atomic mass is 10.00. The molecule has 0 saturated carbocycles. The summed E-state index contributed by atoms with van der Waals surface area (Å²) < 4.78 is 4.65. The smallest absolute Gasteiger partial charge is 0.0537 e. The Kier molecular flexibility index (Phi) is 13.0. The largest absolute Gasteiger partial charge is 0.310 e. The van der Waals surface area contributed by atoms with Crippen molar-refractivity contribution in [3.63, 3.8) is 0 Å². The van der Waals surface area contributed by atoms with Crippen molar-refractivity contribution in [2.75, 3.05) is 0 Å². The number of rotatable bonds is 10. The van der Waals surface area contributed by atoms with Crippen LogP contribution in [0.2, 0.25) is 0 Å². The zero-order valence-electron chi connectivity index (χ0n) is 31.4. The van der Waals surface area contributed by atoms with Gasteiger partial charge in [0.25, 0.3) is 0 Å². The number of allylic oxidation sites excluding steroid dienone is 5. The molecule has 0 aliphatic heterocycles. The van der Waals surface area contributed by atoms with Crippen molar-refractivity contribution >= 4 is 34.0 Å². The topological polar surface area (TPSA) is 9.86 Å². The second-order valence-corrected chi connectivity index (χ2v) is 12.9. The minimum atomic E-state index is 0.903. The molecule has 2 heteroatoms. The average molecular weight is 691 g/mol. The summed E-state index contributed by atoms with van der Waals surface area (Å²) in [5.41, 5.74) is 14.9. The molecule has 5 aromatic carbocycles.